The summed E-state index contributed by atoms with van der Waals surface area (Å²) in [6, 6.07) is 2.53. The van der Waals surface area contributed by atoms with E-state index >= 15 is 0 Å². The highest BCUT2D eigenvalue weighted by Gasteiger charge is 2.36. The maximum atomic E-state index is 14.4. The first-order chi connectivity index (χ1) is 19.0. The molecule has 0 spiro atoms. The molecule has 1 aliphatic rings. The van der Waals surface area contributed by atoms with Crippen molar-refractivity contribution in [2.24, 2.45) is 0 Å². The van der Waals surface area contributed by atoms with Crippen LogP contribution in [0.25, 0.3) is 22.2 Å². The minimum atomic E-state index is -4.83. The van der Waals surface area contributed by atoms with Crippen molar-refractivity contribution in [3.8, 4) is 17.1 Å². The van der Waals surface area contributed by atoms with E-state index in [1.165, 1.54) is 0 Å². The van der Waals surface area contributed by atoms with Gasteiger partial charge in [0.2, 0.25) is 0 Å². The number of aliphatic hydroxyl groups excluding tert-OH is 1. The van der Waals surface area contributed by atoms with E-state index in [0.29, 0.717) is 49.8 Å². The lowest BCUT2D eigenvalue weighted by atomic mass is 9.93. The molecule has 1 aliphatic carbocycles. The Morgan fingerprint density at radius 3 is 2.55 bits per heavy atom. The van der Waals surface area contributed by atoms with E-state index in [1.54, 1.807) is 17.1 Å². The predicted molar refractivity (Wildman–Crippen MR) is 140 cm³/mol. The highest BCUT2D eigenvalue weighted by molar-refractivity contribution is 5.93. The van der Waals surface area contributed by atoms with Crippen LogP contribution in [0.3, 0.4) is 0 Å². The lowest BCUT2D eigenvalue weighted by Crippen LogP contribution is -2.30. The standard InChI is InChI=1S/C27H31F4N7O2/c1-4-32-22-11-21-19(13-34-22)24(16-12-35-37(14-16)26(2,3)15-39)36-38(21)17-5-7-18(8-6-17)40-25-23(28)20(9-10-33-25)27(29,30)31/h9-14,17-18,39H,4-8,15H2,1-3H3,(H,32,34). The smallest absolute Gasteiger partial charge is 0.419 e. The van der Waals surface area contributed by atoms with Gasteiger partial charge < -0.3 is 15.2 Å². The fraction of sp³-hybridized carbons (Fsp3) is 0.481. The van der Waals surface area contributed by atoms with Gasteiger partial charge in [0, 0.05) is 42.2 Å². The van der Waals surface area contributed by atoms with Crippen LogP contribution in [-0.4, -0.2) is 53.9 Å². The Kier molecular flexibility index (Phi) is 7.42. The van der Waals surface area contributed by atoms with E-state index in [9.17, 15) is 22.7 Å². The van der Waals surface area contributed by atoms with Gasteiger partial charge in [-0.15, -0.1) is 0 Å². The molecular weight excluding hydrogens is 530 g/mol. The SMILES string of the molecule is CCNc1cc2c(cn1)c(-c1cnn(C(C)(C)CO)c1)nn2C1CCC(Oc2nccc(C(F)(F)F)c2F)CC1. The molecule has 4 aromatic heterocycles. The third-order valence-corrected chi connectivity index (χ3v) is 7.24. The van der Waals surface area contributed by atoms with Gasteiger partial charge in [-0.2, -0.15) is 23.4 Å². The van der Waals surface area contributed by atoms with E-state index in [2.05, 4.69) is 20.4 Å². The van der Waals surface area contributed by atoms with Gasteiger partial charge in [-0.1, -0.05) is 0 Å². The van der Waals surface area contributed by atoms with Crippen molar-refractivity contribution in [1.29, 1.82) is 0 Å². The Morgan fingerprint density at radius 2 is 1.88 bits per heavy atom. The average Bonchev–Trinajstić information content (AvgIpc) is 3.56. The second kappa shape index (κ2) is 10.7. The number of hydrogen-bond donors (Lipinski definition) is 2. The predicted octanol–water partition coefficient (Wildman–Crippen LogP) is 5.57. The Balaban J connectivity index is 1.41. The van der Waals surface area contributed by atoms with Crippen molar-refractivity contribution in [2.75, 3.05) is 18.5 Å². The number of rotatable bonds is 8. The lowest BCUT2D eigenvalue weighted by molar-refractivity contribution is -0.140. The topological polar surface area (TPSA) is 103 Å². The van der Waals surface area contributed by atoms with E-state index in [1.807, 2.05) is 37.7 Å². The van der Waals surface area contributed by atoms with E-state index in [-0.39, 0.29) is 12.6 Å². The molecule has 5 rings (SSSR count). The quantitative estimate of drug-likeness (QED) is 0.271. The molecule has 0 radical (unpaired) electrons. The number of alkyl halides is 3. The van der Waals surface area contributed by atoms with Crippen LogP contribution in [0.2, 0.25) is 0 Å². The van der Waals surface area contributed by atoms with Crippen molar-refractivity contribution in [2.45, 2.75) is 70.3 Å². The van der Waals surface area contributed by atoms with Gasteiger partial charge in [0.15, 0.2) is 5.82 Å². The van der Waals surface area contributed by atoms with Crippen molar-refractivity contribution < 1.29 is 27.4 Å². The zero-order valence-electron chi connectivity index (χ0n) is 22.4. The van der Waals surface area contributed by atoms with Gasteiger partial charge in [-0.05, 0) is 52.5 Å². The largest absolute Gasteiger partial charge is 0.472 e. The van der Waals surface area contributed by atoms with Crippen LogP contribution in [0.1, 0.15) is 58.1 Å². The molecule has 4 heterocycles. The first-order valence-electron chi connectivity index (χ1n) is 13.2. The maximum Gasteiger partial charge on any atom is 0.419 e. The van der Waals surface area contributed by atoms with Gasteiger partial charge in [0.1, 0.15) is 17.6 Å². The molecule has 40 heavy (non-hydrogen) atoms. The van der Waals surface area contributed by atoms with Gasteiger partial charge in [0.25, 0.3) is 5.88 Å². The minimum absolute atomic E-state index is 0.0174. The van der Waals surface area contributed by atoms with Gasteiger partial charge in [-0.25, -0.2) is 14.4 Å². The molecule has 0 aliphatic heterocycles. The Bertz CT molecular complexity index is 1490. The molecule has 2 N–H and O–H groups in total. The molecule has 0 bridgehead atoms. The van der Waals surface area contributed by atoms with E-state index in [4.69, 9.17) is 9.84 Å². The highest BCUT2D eigenvalue weighted by atomic mass is 19.4. The van der Waals surface area contributed by atoms with E-state index < -0.39 is 35.1 Å². The summed E-state index contributed by atoms with van der Waals surface area (Å²) in [7, 11) is 0. The maximum absolute atomic E-state index is 14.4. The highest BCUT2D eigenvalue weighted by Crippen LogP contribution is 2.38. The Labute approximate surface area is 228 Å². The van der Waals surface area contributed by atoms with Crippen LogP contribution >= 0.6 is 0 Å². The second-order valence-corrected chi connectivity index (χ2v) is 10.6. The molecule has 214 valence electrons. The van der Waals surface area contributed by atoms with Gasteiger partial charge in [0.05, 0.1) is 35.5 Å². The van der Waals surface area contributed by atoms with Crippen LogP contribution in [0.4, 0.5) is 23.4 Å². The average molecular weight is 562 g/mol. The fourth-order valence-electron chi connectivity index (χ4n) is 4.94. The number of aliphatic hydroxyl groups is 1. The third-order valence-electron chi connectivity index (χ3n) is 7.24. The lowest BCUT2D eigenvalue weighted by Gasteiger charge is -2.29. The zero-order valence-corrected chi connectivity index (χ0v) is 22.4. The molecule has 0 unspecified atom stereocenters. The number of halogens is 4. The molecule has 0 aromatic carbocycles. The molecule has 0 amide bonds. The van der Waals surface area contributed by atoms with Crippen molar-refractivity contribution in [3.63, 3.8) is 0 Å². The third kappa shape index (κ3) is 5.34. The van der Waals surface area contributed by atoms with Crippen molar-refractivity contribution in [3.05, 3.63) is 48.3 Å². The number of ether oxygens (including phenoxy) is 1. The summed E-state index contributed by atoms with van der Waals surface area (Å²) >= 11 is 0. The molecule has 9 nitrogen and oxygen atoms in total. The fourth-order valence-corrected chi connectivity index (χ4v) is 4.94. The van der Waals surface area contributed by atoms with Crippen molar-refractivity contribution in [1.82, 2.24) is 29.5 Å². The van der Waals surface area contributed by atoms with Gasteiger partial charge in [-0.3, -0.25) is 9.36 Å². The number of hydrogen-bond acceptors (Lipinski definition) is 7. The number of fused-ring (bicyclic) bond motifs is 1. The number of pyridine rings is 2. The molecule has 0 saturated heterocycles. The summed E-state index contributed by atoms with van der Waals surface area (Å²) in [5.41, 5.74) is 0.396. The van der Waals surface area contributed by atoms with Crippen molar-refractivity contribution >= 4 is 16.7 Å². The molecule has 13 heteroatoms. The van der Waals surface area contributed by atoms with Crippen LogP contribution in [0.15, 0.2) is 36.9 Å². The van der Waals surface area contributed by atoms with Crippen LogP contribution in [0, 0.1) is 5.82 Å². The zero-order chi connectivity index (χ0) is 28.7. The summed E-state index contributed by atoms with van der Waals surface area (Å²) in [5.74, 6) is -1.41. The summed E-state index contributed by atoms with van der Waals surface area (Å²) in [5, 5.41) is 23.2. The Morgan fingerprint density at radius 1 is 1.12 bits per heavy atom. The molecule has 0 atom stereocenters. The van der Waals surface area contributed by atoms with Crippen LogP contribution in [-0.2, 0) is 11.7 Å². The minimum Gasteiger partial charge on any atom is -0.472 e. The first kappa shape index (κ1) is 27.8. The first-order valence-corrected chi connectivity index (χ1v) is 13.2. The molecular formula is C27H31F4N7O2. The number of anilines is 1. The van der Waals surface area contributed by atoms with E-state index in [0.717, 1.165) is 22.7 Å². The summed E-state index contributed by atoms with van der Waals surface area (Å²) < 4.78 is 63.0. The summed E-state index contributed by atoms with van der Waals surface area (Å²) in [6.07, 6.45) is 3.17. The normalized spacial score (nSPS) is 18.3. The number of aromatic nitrogens is 6. The Hall–Kier alpha value is -3.74. The van der Waals surface area contributed by atoms with Gasteiger partial charge >= 0.3 is 6.18 Å². The summed E-state index contributed by atoms with van der Waals surface area (Å²) in [4.78, 5) is 8.23. The monoisotopic (exact) mass is 561 g/mol. The second-order valence-electron chi connectivity index (χ2n) is 10.6. The number of nitrogens with zero attached hydrogens (tertiary/aromatic N) is 6. The summed E-state index contributed by atoms with van der Waals surface area (Å²) in [6.45, 7) is 6.36. The molecule has 4 aromatic rings. The van der Waals surface area contributed by atoms with Crippen LogP contribution in [0.5, 0.6) is 5.88 Å². The molecule has 1 saturated carbocycles. The molecule has 1 fully saturated rings. The van der Waals surface area contributed by atoms with Crippen LogP contribution < -0.4 is 10.1 Å². The number of nitrogens with one attached hydrogen (secondary N) is 1.